The zero-order valence-electron chi connectivity index (χ0n) is 12.0. The van der Waals surface area contributed by atoms with Gasteiger partial charge in [-0.2, -0.15) is 5.26 Å². The fraction of sp³-hybridized carbons (Fsp3) is 0.235. The van der Waals surface area contributed by atoms with E-state index in [9.17, 15) is 13.7 Å². The average molecular weight is 327 g/mol. The van der Waals surface area contributed by atoms with E-state index in [0.717, 1.165) is 5.56 Å². The van der Waals surface area contributed by atoms with Crippen LogP contribution in [-0.2, 0) is 9.84 Å². The summed E-state index contributed by atoms with van der Waals surface area (Å²) in [5.74, 6) is 0.368. The number of nitriles is 1. The Morgan fingerprint density at radius 2 is 1.78 bits per heavy atom. The number of benzene rings is 2. The number of nitrogens with zero attached hydrogens (tertiary/aromatic N) is 1. The van der Waals surface area contributed by atoms with Crippen molar-refractivity contribution >= 4 is 9.84 Å². The molecule has 0 amide bonds. The van der Waals surface area contributed by atoms with E-state index in [0.29, 0.717) is 11.5 Å². The van der Waals surface area contributed by atoms with Crippen molar-refractivity contribution in [1.29, 1.82) is 5.26 Å². The van der Waals surface area contributed by atoms with Crippen molar-refractivity contribution < 1.29 is 17.9 Å². The Morgan fingerprint density at radius 1 is 1.04 bits per heavy atom. The van der Waals surface area contributed by atoms with Crippen LogP contribution < -0.4 is 9.47 Å². The van der Waals surface area contributed by atoms with Crippen molar-refractivity contribution in [1.82, 2.24) is 0 Å². The van der Waals surface area contributed by atoms with Gasteiger partial charge in [-0.05, 0) is 29.8 Å². The second kappa shape index (κ2) is 5.00. The van der Waals surface area contributed by atoms with Gasteiger partial charge < -0.3 is 9.47 Å². The van der Waals surface area contributed by atoms with E-state index in [4.69, 9.17) is 9.47 Å². The molecule has 0 saturated heterocycles. The summed E-state index contributed by atoms with van der Waals surface area (Å²) in [6.07, 6.45) is 0. The van der Waals surface area contributed by atoms with Crippen LogP contribution in [0.4, 0.5) is 0 Å². The minimum absolute atomic E-state index is 0.164. The van der Waals surface area contributed by atoms with Gasteiger partial charge in [-0.25, -0.2) is 8.42 Å². The summed E-state index contributed by atoms with van der Waals surface area (Å²) in [6.45, 7) is 0.164. The largest absolute Gasteiger partial charge is 0.454 e. The third kappa shape index (κ3) is 2.16. The van der Waals surface area contributed by atoms with Crippen molar-refractivity contribution in [3.8, 4) is 17.6 Å². The lowest BCUT2D eigenvalue weighted by atomic mass is 10.1. The molecule has 0 spiro atoms. The van der Waals surface area contributed by atoms with Crippen molar-refractivity contribution in [2.24, 2.45) is 5.92 Å². The molecular weight excluding hydrogens is 314 g/mol. The number of sulfone groups is 1. The summed E-state index contributed by atoms with van der Waals surface area (Å²) in [7, 11) is -3.53. The molecule has 6 heteroatoms. The molecule has 2 aromatic carbocycles. The van der Waals surface area contributed by atoms with Gasteiger partial charge in [0.2, 0.25) is 6.79 Å². The van der Waals surface area contributed by atoms with Crippen LogP contribution in [0.1, 0.15) is 11.5 Å². The van der Waals surface area contributed by atoms with Crippen LogP contribution >= 0.6 is 0 Å². The molecule has 3 atom stereocenters. The maximum atomic E-state index is 12.8. The van der Waals surface area contributed by atoms with Crippen LogP contribution in [0.25, 0.3) is 0 Å². The summed E-state index contributed by atoms with van der Waals surface area (Å²) in [5, 5.41) is 8.63. The topological polar surface area (TPSA) is 76.4 Å². The highest BCUT2D eigenvalue weighted by molar-refractivity contribution is 7.92. The summed E-state index contributed by atoms with van der Waals surface area (Å²) in [6, 6.07) is 15.8. The first-order chi connectivity index (χ1) is 11.1. The number of ether oxygens (including phenoxy) is 2. The van der Waals surface area contributed by atoms with E-state index >= 15 is 0 Å². The Kier molecular flexibility index (Phi) is 3.06. The fourth-order valence-corrected chi connectivity index (χ4v) is 5.20. The van der Waals surface area contributed by atoms with E-state index in [1.54, 1.807) is 42.5 Å². The predicted molar refractivity (Wildman–Crippen MR) is 81.8 cm³/mol. The third-order valence-electron chi connectivity index (χ3n) is 4.31. The molecule has 2 aliphatic rings. The average Bonchev–Trinajstić information content (AvgIpc) is 3.15. The van der Waals surface area contributed by atoms with Gasteiger partial charge >= 0.3 is 0 Å². The fourth-order valence-electron chi connectivity index (χ4n) is 3.11. The van der Waals surface area contributed by atoms with Crippen LogP contribution in [0.5, 0.6) is 11.5 Å². The SMILES string of the molecule is N#C[C@@H]1[C@H](c2ccc3c(c2)OCO3)[C@H]1S(=O)(=O)c1ccccc1. The molecule has 1 fully saturated rings. The zero-order chi connectivity index (χ0) is 16.0. The molecule has 0 N–H and O–H groups in total. The molecule has 2 aromatic rings. The molecule has 0 unspecified atom stereocenters. The maximum Gasteiger partial charge on any atom is 0.231 e. The van der Waals surface area contributed by atoms with E-state index in [1.807, 2.05) is 6.07 Å². The van der Waals surface area contributed by atoms with Crippen molar-refractivity contribution in [3.63, 3.8) is 0 Å². The number of hydrogen-bond donors (Lipinski definition) is 0. The highest BCUT2D eigenvalue weighted by atomic mass is 32.2. The van der Waals surface area contributed by atoms with E-state index < -0.39 is 21.0 Å². The quantitative estimate of drug-likeness (QED) is 0.865. The Balaban J connectivity index is 1.70. The first kappa shape index (κ1) is 14.1. The lowest BCUT2D eigenvalue weighted by Crippen LogP contribution is -2.10. The Bertz CT molecular complexity index is 902. The molecule has 1 saturated carbocycles. The molecule has 23 heavy (non-hydrogen) atoms. The lowest BCUT2D eigenvalue weighted by Gasteiger charge is -2.04. The molecule has 4 rings (SSSR count). The van der Waals surface area contributed by atoms with Gasteiger partial charge in [0.1, 0.15) is 0 Å². The second-order valence-corrected chi connectivity index (χ2v) is 7.72. The summed E-state index contributed by atoms with van der Waals surface area (Å²) in [5.41, 5.74) is 0.797. The van der Waals surface area contributed by atoms with E-state index in [2.05, 4.69) is 6.07 Å². The van der Waals surface area contributed by atoms with Crippen LogP contribution in [0.3, 0.4) is 0 Å². The molecule has 1 aliphatic carbocycles. The third-order valence-corrected chi connectivity index (χ3v) is 6.55. The molecule has 1 heterocycles. The van der Waals surface area contributed by atoms with Gasteiger partial charge in [0.05, 0.1) is 22.1 Å². The number of hydrogen-bond acceptors (Lipinski definition) is 5. The monoisotopic (exact) mass is 327 g/mol. The van der Waals surface area contributed by atoms with Crippen molar-refractivity contribution in [2.45, 2.75) is 16.1 Å². The molecule has 5 nitrogen and oxygen atoms in total. The van der Waals surface area contributed by atoms with Crippen LogP contribution in [0, 0.1) is 17.2 Å². The standard InChI is InChI=1S/C17H13NO4S/c18-9-13-16(11-6-7-14-15(8-11)22-10-21-14)17(13)23(19,20)12-4-2-1-3-5-12/h1-8,13,16-17H,10H2/t13-,16+,17+/m1/s1. The maximum absolute atomic E-state index is 12.8. The van der Waals surface area contributed by atoms with Crippen LogP contribution in [0.2, 0.25) is 0 Å². The smallest absolute Gasteiger partial charge is 0.231 e. The van der Waals surface area contributed by atoms with Crippen LogP contribution in [-0.4, -0.2) is 20.5 Å². The summed E-state index contributed by atoms with van der Waals surface area (Å²) in [4.78, 5) is 0.258. The summed E-state index contributed by atoms with van der Waals surface area (Å²) >= 11 is 0. The highest BCUT2D eigenvalue weighted by Gasteiger charge is 2.59. The Hall–Kier alpha value is -2.52. The Labute approximate surface area is 134 Å². The minimum atomic E-state index is -3.53. The lowest BCUT2D eigenvalue weighted by molar-refractivity contribution is 0.174. The number of fused-ring (bicyclic) bond motifs is 1. The van der Waals surface area contributed by atoms with Gasteiger partial charge in [-0.1, -0.05) is 24.3 Å². The van der Waals surface area contributed by atoms with Crippen molar-refractivity contribution in [2.75, 3.05) is 6.79 Å². The minimum Gasteiger partial charge on any atom is -0.454 e. The molecule has 116 valence electrons. The highest BCUT2D eigenvalue weighted by Crippen LogP contribution is 2.54. The van der Waals surface area contributed by atoms with Gasteiger partial charge in [0, 0.05) is 5.92 Å². The molecule has 0 radical (unpaired) electrons. The normalized spacial score (nSPS) is 24.9. The molecule has 0 bridgehead atoms. The number of rotatable bonds is 3. The molecule has 1 aliphatic heterocycles. The van der Waals surface area contributed by atoms with Gasteiger partial charge in [-0.3, -0.25) is 0 Å². The zero-order valence-corrected chi connectivity index (χ0v) is 12.9. The Morgan fingerprint density at radius 3 is 2.52 bits per heavy atom. The van der Waals surface area contributed by atoms with Gasteiger partial charge in [0.25, 0.3) is 0 Å². The van der Waals surface area contributed by atoms with E-state index in [1.165, 1.54) is 0 Å². The summed E-state index contributed by atoms with van der Waals surface area (Å²) < 4.78 is 36.1. The van der Waals surface area contributed by atoms with Crippen molar-refractivity contribution in [3.05, 3.63) is 54.1 Å². The first-order valence-electron chi connectivity index (χ1n) is 7.21. The second-order valence-electron chi connectivity index (χ2n) is 5.62. The van der Waals surface area contributed by atoms with E-state index in [-0.39, 0.29) is 17.6 Å². The molecular formula is C17H13NO4S. The first-order valence-corrected chi connectivity index (χ1v) is 8.75. The van der Waals surface area contributed by atoms with Crippen LogP contribution in [0.15, 0.2) is 53.4 Å². The molecule has 0 aromatic heterocycles. The predicted octanol–water partition coefficient (Wildman–Crippen LogP) is 2.49. The van der Waals surface area contributed by atoms with Gasteiger partial charge in [-0.15, -0.1) is 0 Å². The van der Waals surface area contributed by atoms with Gasteiger partial charge in [0.15, 0.2) is 21.3 Å².